The molecule has 1 amide bonds. The SMILES string of the molecule is Cc1ccc(Sc2ncccc2C(=O)O[C@H](C)C(=O)Nc2ccccc2F)cc1. The van der Waals surface area contributed by atoms with Crippen molar-refractivity contribution in [1.82, 2.24) is 4.98 Å². The van der Waals surface area contributed by atoms with Gasteiger partial charge in [-0.3, -0.25) is 4.79 Å². The lowest BCUT2D eigenvalue weighted by atomic mass is 10.2. The minimum Gasteiger partial charge on any atom is -0.449 e. The number of nitrogens with one attached hydrogen (secondary N) is 1. The van der Waals surface area contributed by atoms with Crippen LogP contribution in [0.1, 0.15) is 22.8 Å². The molecule has 0 aliphatic carbocycles. The van der Waals surface area contributed by atoms with E-state index in [0.717, 1.165) is 10.5 Å². The van der Waals surface area contributed by atoms with Gasteiger partial charge in [0.15, 0.2) is 6.10 Å². The van der Waals surface area contributed by atoms with Crippen LogP contribution in [0.15, 0.2) is 76.8 Å². The third-order valence-electron chi connectivity index (χ3n) is 4.01. The topological polar surface area (TPSA) is 68.3 Å². The Kier molecular flexibility index (Phi) is 6.61. The zero-order valence-electron chi connectivity index (χ0n) is 15.9. The maximum atomic E-state index is 13.7. The van der Waals surface area contributed by atoms with Crippen molar-refractivity contribution in [2.75, 3.05) is 5.32 Å². The van der Waals surface area contributed by atoms with E-state index in [1.54, 1.807) is 24.4 Å². The summed E-state index contributed by atoms with van der Waals surface area (Å²) in [7, 11) is 0. The fourth-order valence-electron chi connectivity index (χ4n) is 2.42. The zero-order chi connectivity index (χ0) is 20.8. The normalized spacial score (nSPS) is 11.6. The van der Waals surface area contributed by atoms with Crippen LogP contribution >= 0.6 is 11.8 Å². The Morgan fingerprint density at radius 1 is 1.07 bits per heavy atom. The molecule has 29 heavy (non-hydrogen) atoms. The second kappa shape index (κ2) is 9.34. The number of para-hydroxylation sites is 1. The number of halogens is 1. The van der Waals surface area contributed by atoms with E-state index in [9.17, 15) is 14.0 Å². The average Bonchev–Trinajstić information content (AvgIpc) is 2.71. The fraction of sp³-hybridized carbons (Fsp3) is 0.136. The predicted octanol–water partition coefficient (Wildman–Crippen LogP) is 4.86. The second-order valence-corrected chi connectivity index (χ2v) is 7.35. The highest BCUT2D eigenvalue weighted by Gasteiger charge is 2.22. The van der Waals surface area contributed by atoms with Crippen LogP contribution in [0.3, 0.4) is 0 Å². The van der Waals surface area contributed by atoms with Gasteiger partial charge in [0.1, 0.15) is 10.8 Å². The molecule has 3 aromatic rings. The quantitative estimate of drug-likeness (QED) is 0.588. The number of ether oxygens (including phenoxy) is 1. The van der Waals surface area contributed by atoms with Crippen molar-refractivity contribution in [3.8, 4) is 0 Å². The number of aryl methyl sites for hydroxylation is 1. The lowest BCUT2D eigenvalue weighted by Gasteiger charge is -2.15. The molecular weight excluding hydrogens is 391 g/mol. The number of nitrogens with zero attached hydrogens (tertiary/aromatic N) is 1. The molecule has 0 saturated heterocycles. The van der Waals surface area contributed by atoms with Gasteiger partial charge < -0.3 is 10.1 Å². The van der Waals surface area contributed by atoms with Gasteiger partial charge in [0, 0.05) is 11.1 Å². The van der Waals surface area contributed by atoms with Crippen LogP contribution in [0.25, 0.3) is 0 Å². The van der Waals surface area contributed by atoms with E-state index in [1.807, 2.05) is 31.2 Å². The Morgan fingerprint density at radius 3 is 2.52 bits per heavy atom. The second-order valence-electron chi connectivity index (χ2n) is 6.29. The first-order chi connectivity index (χ1) is 13.9. The monoisotopic (exact) mass is 410 g/mol. The summed E-state index contributed by atoms with van der Waals surface area (Å²) in [6, 6.07) is 16.8. The van der Waals surface area contributed by atoms with Gasteiger partial charge in [-0.25, -0.2) is 14.2 Å². The molecule has 1 heterocycles. The summed E-state index contributed by atoms with van der Waals surface area (Å²) in [4.78, 5) is 30.1. The number of carbonyl (C=O) groups excluding carboxylic acids is 2. The molecular formula is C22H19FN2O3S. The fourth-order valence-corrected chi connectivity index (χ4v) is 3.29. The Balaban J connectivity index is 1.69. The van der Waals surface area contributed by atoms with Gasteiger partial charge in [0.25, 0.3) is 5.91 Å². The van der Waals surface area contributed by atoms with Crippen molar-refractivity contribution in [3.05, 3.63) is 83.8 Å². The first-order valence-electron chi connectivity index (χ1n) is 8.90. The van der Waals surface area contributed by atoms with E-state index >= 15 is 0 Å². The van der Waals surface area contributed by atoms with E-state index in [4.69, 9.17) is 4.74 Å². The average molecular weight is 410 g/mol. The van der Waals surface area contributed by atoms with Crippen molar-refractivity contribution in [3.63, 3.8) is 0 Å². The number of anilines is 1. The Labute approximate surface area is 172 Å². The molecule has 0 fully saturated rings. The molecule has 0 saturated carbocycles. The molecule has 1 aromatic heterocycles. The molecule has 2 aromatic carbocycles. The number of esters is 1. The number of carbonyl (C=O) groups is 2. The van der Waals surface area contributed by atoms with Crippen LogP contribution in [0, 0.1) is 12.7 Å². The van der Waals surface area contributed by atoms with Crippen LogP contribution in [0.2, 0.25) is 0 Å². The first kappa shape index (κ1) is 20.5. The van der Waals surface area contributed by atoms with E-state index < -0.39 is 23.8 Å². The number of rotatable bonds is 6. The van der Waals surface area contributed by atoms with Gasteiger partial charge in [-0.05, 0) is 50.2 Å². The lowest BCUT2D eigenvalue weighted by molar-refractivity contribution is -0.123. The molecule has 3 rings (SSSR count). The molecule has 5 nitrogen and oxygen atoms in total. The Hall–Kier alpha value is -3.19. The number of hydrogen-bond donors (Lipinski definition) is 1. The molecule has 0 spiro atoms. The predicted molar refractivity (Wildman–Crippen MR) is 109 cm³/mol. The standard InChI is InChI=1S/C22H19FN2O3S/c1-14-9-11-16(12-10-14)29-21-17(6-5-13-24-21)22(27)28-15(2)20(26)25-19-8-4-3-7-18(19)23/h3-13,15H,1-2H3,(H,25,26)/t15-/m1/s1. The van der Waals surface area contributed by atoms with Crippen molar-refractivity contribution in [2.45, 2.75) is 29.9 Å². The Morgan fingerprint density at radius 2 is 1.79 bits per heavy atom. The van der Waals surface area contributed by atoms with Crippen LogP contribution in [-0.4, -0.2) is 23.0 Å². The number of amides is 1. The van der Waals surface area contributed by atoms with Crippen molar-refractivity contribution < 1.29 is 18.7 Å². The number of pyridine rings is 1. The Bertz CT molecular complexity index is 1020. The van der Waals surface area contributed by atoms with Gasteiger partial charge in [0.05, 0.1) is 11.3 Å². The number of aromatic nitrogens is 1. The van der Waals surface area contributed by atoms with Gasteiger partial charge in [-0.2, -0.15) is 0 Å². The van der Waals surface area contributed by atoms with E-state index in [1.165, 1.54) is 36.9 Å². The molecule has 0 unspecified atom stereocenters. The van der Waals surface area contributed by atoms with Gasteiger partial charge in [-0.1, -0.05) is 41.6 Å². The van der Waals surface area contributed by atoms with Gasteiger partial charge >= 0.3 is 5.97 Å². The molecule has 0 radical (unpaired) electrons. The molecule has 0 aliphatic rings. The molecule has 1 N–H and O–H groups in total. The molecule has 0 bridgehead atoms. The molecule has 148 valence electrons. The third kappa shape index (κ3) is 5.42. The minimum atomic E-state index is -1.11. The number of benzene rings is 2. The van der Waals surface area contributed by atoms with Crippen LogP contribution < -0.4 is 5.32 Å². The van der Waals surface area contributed by atoms with Gasteiger partial charge in [-0.15, -0.1) is 0 Å². The summed E-state index contributed by atoms with van der Waals surface area (Å²) in [5.74, 6) is -1.87. The minimum absolute atomic E-state index is 0.0254. The van der Waals surface area contributed by atoms with E-state index in [0.29, 0.717) is 5.03 Å². The summed E-state index contributed by atoms with van der Waals surface area (Å²) >= 11 is 1.33. The summed E-state index contributed by atoms with van der Waals surface area (Å²) in [6.07, 6.45) is 0.473. The highest BCUT2D eigenvalue weighted by Crippen LogP contribution is 2.29. The van der Waals surface area contributed by atoms with Crippen LogP contribution in [0.4, 0.5) is 10.1 Å². The summed E-state index contributed by atoms with van der Waals surface area (Å²) in [5.41, 5.74) is 1.41. The van der Waals surface area contributed by atoms with Crippen molar-refractivity contribution in [2.24, 2.45) is 0 Å². The highest BCUT2D eigenvalue weighted by atomic mass is 32.2. The summed E-state index contributed by atoms with van der Waals surface area (Å²) in [6.45, 7) is 3.42. The maximum Gasteiger partial charge on any atom is 0.341 e. The third-order valence-corrected chi connectivity index (χ3v) is 5.04. The molecule has 7 heteroatoms. The first-order valence-corrected chi connectivity index (χ1v) is 9.71. The largest absolute Gasteiger partial charge is 0.449 e. The van der Waals surface area contributed by atoms with E-state index in [-0.39, 0.29) is 11.3 Å². The van der Waals surface area contributed by atoms with Gasteiger partial charge in [0.2, 0.25) is 0 Å². The maximum absolute atomic E-state index is 13.7. The lowest BCUT2D eigenvalue weighted by Crippen LogP contribution is -2.30. The van der Waals surface area contributed by atoms with Crippen LogP contribution in [0.5, 0.6) is 0 Å². The van der Waals surface area contributed by atoms with E-state index in [2.05, 4.69) is 10.3 Å². The van der Waals surface area contributed by atoms with Crippen LogP contribution in [-0.2, 0) is 9.53 Å². The highest BCUT2D eigenvalue weighted by molar-refractivity contribution is 7.99. The number of hydrogen-bond acceptors (Lipinski definition) is 5. The zero-order valence-corrected chi connectivity index (χ0v) is 16.7. The van der Waals surface area contributed by atoms with Crippen molar-refractivity contribution in [1.29, 1.82) is 0 Å². The summed E-state index contributed by atoms with van der Waals surface area (Å²) in [5, 5.41) is 2.89. The molecule has 0 aliphatic heterocycles. The smallest absolute Gasteiger partial charge is 0.341 e. The summed E-state index contributed by atoms with van der Waals surface area (Å²) < 4.78 is 19.0. The van der Waals surface area contributed by atoms with Crippen molar-refractivity contribution >= 4 is 29.3 Å². The molecule has 1 atom stereocenters.